The standard InChI is InChI=1S/C25H35N5O2/c1-20-9-8-12-24(31)30(20)14-7-6-13-27-25(26-2)29-18-22-23(19-29)32-16-15-28(22)17-21-10-4-3-5-11-21/h3-5,8-12,22-23H,6-7,13-19H2,1-2H3,(H,26,27). The van der Waals surface area contributed by atoms with Crippen LogP contribution in [0.3, 0.4) is 0 Å². The van der Waals surface area contributed by atoms with Crippen LogP contribution in [0.15, 0.2) is 58.3 Å². The van der Waals surface area contributed by atoms with Gasteiger partial charge in [0.15, 0.2) is 5.96 Å². The van der Waals surface area contributed by atoms with E-state index in [2.05, 4.69) is 50.4 Å². The summed E-state index contributed by atoms with van der Waals surface area (Å²) in [6.45, 7) is 8.08. The van der Waals surface area contributed by atoms with Gasteiger partial charge in [-0.1, -0.05) is 36.4 Å². The Morgan fingerprint density at radius 1 is 1.12 bits per heavy atom. The number of aryl methyl sites for hydroxylation is 1. The molecule has 2 atom stereocenters. The molecule has 2 fully saturated rings. The van der Waals surface area contributed by atoms with Crippen LogP contribution >= 0.6 is 0 Å². The number of aliphatic imine (C=N–C) groups is 1. The zero-order chi connectivity index (χ0) is 22.3. The van der Waals surface area contributed by atoms with Gasteiger partial charge in [-0.15, -0.1) is 0 Å². The number of rotatable bonds is 7. The largest absolute Gasteiger partial charge is 0.373 e. The Labute approximate surface area is 190 Å². The Morgan fingerprint density at radius 3 is 2.75 bits per heavy atom. The highest BCUT2D eigenvalue weighted by atomic mass is 16.5. The van der Waals surface area contributed by atoms with Gasteiger partial charge >= 0.3 is 0 Å². The highest BCUT2D eigenvalue weighted by Crippen LogP contribution is 2.24. The second-order valence-corrected chi connectivity index (χ2v) is 8.68. The minimum Gasteiger partial charge on any atom is -0.373 e. The van der Waals surface area contributed by atoms with Gasteiger partial charge in [0, 0.05) is 58.1 Å². The Bertz CT molecular complexity index is 958. The maximum atomic E-state index is 12.0. The van der Waals surface area contributed by atoms with E-state index in [1.54, 1.807) is 6.07 Å². The van der Waals surface area contributed by atoms with Gasteiger partial charge < -0.3 is 19.5 Å². The maximum absolute atomic E-state index is 12.0. The monoisotopic (exact) mass is 437 g/mol. The number of aromatic nitrogens is 1. The summed E-state index contributed by atoms with van der Waals surface area (Å²) in [4.78, 5) is 21.4. The molecular formula is C25H35N5O2. The fraction of sp³-hybridized carbons (Fsp3) is 0.520. The van der Waals surface area contributed by atoms with Gasteiger partial charge in [-0.3, -0.25) is 14.7 Å². The van der Waals surface area contributed by atoms with Gasteiger partial charge in [0.05, 0.1) is 18.8 Å². The number of morpholine rings is 1. The summed E-state index contributed by atoms with van der Waals surface area (Å²) in [6, 6.07) is 16.5. The molecule has 2 saturated heterocycles. The van der Waals surface area contributed by atoms with E-state index in [1.165, 1.54) is 5.56 Å². The number of fused-ring (bicyclic) bond motifs is 1. The van der Waals surface area contributed by atoms with Gasteiger partial charge in [-0.25, -0.2) is 0 Å². The molecule has 7 nitrogen and oxygen atoms in total. The van der Waals surface area contributed by atoms with Crippen LogP contribution in [0.1, 0.15) is 24.1 Å². The molecule has 0 bridgehead atoms. The van der Waals surface area contributed by atoms with E-state index in [4.69, 9.17) is 4.74 Å². The van der Waals surface area contributed by atoms with Gasteiger partial charge in [0.1, 0.15) is 0 Å². The Kier molecular flexibility index (Phi) is 7.60. The van der Waals surface area contributed by atoms with E-state index >= 15 is 0 Å². The quantitative estimate of drug-likeness (QED) is 0.408. The predicted octanol–water partition coefficient (Wildman–Crippen LogP) is 2.10. The molecule has 2 aromatic rings. The first-order valence-corrected chi connectivity index (χ1v) is 11.7. The van der Waals surface area contributed by atoms with Crippen LogP contribution in [-0.2, 0) is 17.8 Å². The van der Waals surface area contributed by atoms with Crippen molar-refractivity contribution in [2.75, 3.05) is 39.8 Å². The summed E-state index contributed by atoms with van der Waals surface area (Å²) in [5.41, 5.74) is 2.44. The molecule has 0 radical (unpaired) electrons. The number of nitrogens with one attached hydrogen (secondary N) is 1. The molecule has 2 aliphatic heterocycles. The first kappa shape index (κ1) is 22.6. The van der Waals surface area contributed by atoms with Crippen molar-refractivity contribution in [3.05, 3.63) is 70.1 Å². The fourth-order valence-electron chi connectivity index (χ4n) is 4.78. The van der Waals surface area contributed by atoms with E-state index < -0.39 is 0 Å². The first-order chi connectivity index (χ1) is 15.7. The average Bonchev–Trinajstić information content (AvgIpc) is 3.24. The lowest BCUT2D eigenvalue weighted by atomic mass is 10.1. The third-order valence-electron chi connectivity index (χ3n) is 6.52. The van der Waals surface area contributed by atoms with Crippen LogP contribution in [-0.4, -0.2) is 72.3 Å². The van der Waals surface area contributed by atoms with Crippen molar-refractivity contribution in [1.82, 2.24) is 19.7 Å². The molecule has 0 spiro atoms. The third-order valence-corrected chi connectivity index (χ3v) is 6.52. The molecule has 2 aliphatic rings. The summed E-state index contributed by atoms with van der Waals surface area (Å²) in [7, 11) is 1.85. The average molecular weight is 438 g/mol. The van der Waals surface area contributed by atoms with Crippen LogP contribution in [0.25, 0.3) is 0 Å². The van der Waals surface area contributed by atoms with E-state index in [0.29, 0.717) is 6.04 Å². The van der Waals surface area contributed by atoms with Crippen LogP contribution in [0.5, 0.6) is 0 Å². The number of nitrogens with zero attached hydrogens (tertiary/aromatic N) is 4. The molecule has 0 amide bonds. The predicted molar refractivity (Wildman–Crippen MR) is 128 cm³/mol. The first-order valence-electron chi connectivity index (χ1n) is 11.7. The smallest absolute Gasteiger partial charge is 0.250 e. The summed E-state index contributed by atoms with van der Waals surface area (Å²) in [6.07, 6.45) is 2.16. The number of benzene rings is 1. The second-order valence-electron chi connectivity index (χ2n) is 8.68. The fourth-order valence-corrected chi connectivity index (χ4v) is 4.78. The molecule has 1 aromatic carbocycles. The van der Waals surface area contributed by atoms with Crippen molar-refractivity contribution < 1.29 is 4.74 Å². The number of guanidine groups is 1. The van der Waals surface area contributed by atoms with E-state index in [-0.39, 0.29) is 11.7 Å². The SMILES string of the molecule is CN=C(NCCCCn1c(C)cccc1=O)N1CC2OCCN(Cc3ccccc3)C2C1. The molecule has 1 aromatic heterocycles. The van der Waals surface area contributed by atoms with Crippen LogP contribution in [0, 0.1) is 6.92 Å². The normalized spacial score (nSPS) is 21.6. The molecule has 2 unspecified atom stereocenters. The molecule has 1 N–H and O–H groups in total. The molecule has 7 heteroatoms. The summed E-state index contributed by atoms with van der Waals surface area (Å²) in [5, 5.41) is 3.52. The minimum absolute atomic E-state index is 0.0773. The third kappa shape index (κ3) is 5.40. The number of likely N-dealkylation sites (tertiary alicyclic amines) is 1. The maximum Gasteiger partial charge on any atom is 0.250 e. The van der Waals surface area contributed by atoms with E-state index in [9.17, 15) is 4.79 Å². The molecular weight excluding hydrogens is 402 g/mol. The van der Waals surface area contributed by atoms with Crippen LogP contribution in [0.4, 0.5) is 0 Å². The lowest BCUT2D eigenvalue weighted by Gasteiger charge is -2.36. The topological polar surface area (TPSA) is 62.1 Å². The zero-order valence-electron chi connectivity index (χ0n) is 19.2. The van der Waals surface area contributed by atoms with Crippen molar-refractivity contribution >= 4 is 5.96 Å². The van der Waals surface area contributed by atoms with Gasteiger partial charge in [0.25, 0.3) is 5.56 Å². The molecule has 172 valence electrons. The second kappa shape index (κ2) is 10.8. The number of ether oxygens (including phenoxy) is 1. The highest BCUT2D eigenvalue weighted by Gasteiger charge is 2.41. The number of pyridine rings is 1. The molecule has 0 saturated carbocycles. The Balaban J connectivity index is 1.26. The van der Waals surface area contributed by atoms with Gasteiger partial charge in [-0.05, 0) is 31.4 Å². The Hall–Kier alpha value is -2.64. The lowest BCUT2D eigenvalue weighted by Crippen LogP contribution is -2.50. The minimum atomic E-state index is 0.0773. The van der Waals surface area contributed by atoms with Crippen molar-refractivity contribution in [2.45, 2.75) is 45.0 Å². The summed E-state index contributed by atoms with van der Waals surface area (Å²) in [5.74, 6) is 0.940. The van der Waals surface area contributed by atoms with Crippen molar-refractivity contribution in [3.63, 3.8) is 0 Å². The summed E-state index contributed by atoms with van der Waals surface area (Å²) < 4.78 is 7.96. The number of hydrogen-bond acceptors (Lipinski definition) is 4. The number of unbranched alkanes of at least 4 members (excludes halogenated alkanes) is 1. The lowest BCUT2D eigenvalue weighted by molar-refractivity contribution is -0.0502. The van der Waals surface area contributed by atoms with Crippen LogP contribution < -0.4 is 10.9 Å². The summed E-state index contributed by atoms with van der Waals surface area (Å²) >= 11 is 0. The van der Waals surface area contributed by atoms with Crippen molar-refractivity contribution in [3.8, 4) is 0 Å². The molecule has 4 rings (SSSR count). The molecule has 0 aliphatic carbocycles. The number of hydrogen-bond donors (Lipinski definition) is 1. The highest BCUT2D eigenvalue weighted by molar-refractivity contribution is 5.80. The van der Waals surface area contributed by atoms with E-state index in [1.807, 2.05) is 30.7 Å². The molecule has 32 heavy (non-hydrogen) atoms. The van der Waals surface area contributed by atoms with Crippen molar-refractivity contribution in [1.29, 1.82) is 0 Å². The van der Waals surface area contributed by atoms with Gasteiger partial charge in [-0.2, -0.15) is 0 Å². The van der Waals surface area contributed by atoms with Gasteiger partial charge in [0.2, 0.25) is 0 Å². The molecule has 3 heterocycles. The van der Waals surface area contributed by atoms with E-state index in [0.717, 1.165) is 70.4 Å². The zero-order valence-corrected chi connectivity index (χ0v) is 19.2. The Morgan fingerprint density at radius 2 is 1.97 bits per heavy atom. The van der Waals surface area contributed by atoms with Crippen molar-refractivity contribution in [2.24, 2.45) is 4.99 Å². The van der Waals surface area contributed by atoms with Crippen LogP contribution in [0.2, 0.25) is 0 Å².